The van der Waals surface area contributed by atoms with Crippen molar-refractivity contribution < 1.29 is 19.0 Å². The Hall–Kier alpha value is -2.91. The summed E-state index contributed by atoms with van der Waals surface area (Å²) in [4.78, 5) is 12.6. The lowest BCUT2D eigenvalue weighted by Gasteiger charge is -2.17. The molecule has 0 saturated heterocycles. The molecular weight excluding hydrogens is 476 g/mol. The number of nitrogens with zero attached hydrogens (tertiary/aromatic N) is 3. The Morgan fingerprint density at radius 1 is 1.12 bits per heavy atom. The molecule has 1 heterocycles. The first-order valence-corrected chi connectivity index (χ1v) is 12.1. The van der Waals surface area contributed by atoms with Crippen LogP contribution in [0.3, 0.4) is 0 Å². The number of carbonyl (C=O) groups excluding carboxylic acids is 1. The minimum absolute atomic E-state index is 0.165. The number of halogens is 1. The van der Waals surface area contributed by atoms with Gasteiger partial charge in [-0.15, -0.1) is 10.2 Å². The van der Waals surface area contributed by atoms with Crippen LogP contribution in [0.4, 0.5) is 5.69 Å². The number of ether oxygens (including phenoxy) is 3. The second kappa shape index (κ2) is 11.5. The van der Waals surface area contributed by atoms with Crippen molar-refractivity contribution in [1.29, 1.82) is 0 Å². The molecule has 1 aromatic heterocycles. The molecule has 8 nitrogen and oxygen atoms in total. The molecule has 0 aliphatic carbocycles. The van der Waals surface area contributed by atoms with Crippen LogP contribution in [-0.2, 0) is 11.3 Å². The molecule has 1 atom stereocenters. The second-order valence-electron chi connectivity index (χ2n) is 7.62. The van der Waals surface area contributed by atoms with Gasteiger partial charge in [0, 0.05) is 17.6 Å². The van der Waals surface area contributed by atoms with Crippen LogP contribution in [0.5, 0.6) is 17.2 Å². The SMILES string of the molecule is CCn1c(SCC(=O)Nc2ccc(OC)cc2OC)nnc1C(C)Oc1cc(C)c(Cl)c(C)c1. The van der Waals surface area contributed by atoms with Gasteiger partial charge in [-0.25, -0.2) is 0 Å². The van der Waals surface area contributed by atoms with Gasteiger partial charge in [-0.2, -0.15) is 0 Å². The van der Waals surface area contributed by atoms with Gasteiger partial charge < -0.3 is 24.1 Å². The van der Waals surface area contributed by atoms with E-state index in [2.05, 4.69) is 15.5 Å². The summed E-state index contributed by atoms with van der Waals surface area (Å²) in [6.07, 6.45) is -0.334. The van der Waals surface area contributed by atoms with Crippen LogP contribution in [0, 0.1) is 13.8 Å². The van der Waals surface area contributed by atoms with Crippen molar-refractivity contribution in [3.05, 3.63) is 52.3 Å². The van der Waals surface area contributed by atoms with Crippen molar-refractivity contribution >= 4 is 35.0 Å². The van der Waals surface area contributed by atoms with E-state index < -0.39 is 0 Å². The van der Waals surface area contributed by atoms with Crippen LogP contribution in [0.25, 0.3) is 0 Å². The average molecular weight is 505 g/mol. The van der Waals surface area contributed by atoms with Crippen LogP contribution in [0.15, 0.2) is 35.5 Å². The summed E-state index contributed by atoms with van der Waals surface area (Å²) in [5, 5.41) is 12.9. The Morgan fingerprint density at radius 3 is 2.44 bits per heavy atom. The fraction of sp³-hybridized carbons (Fsp3) is 0.375. The summed E-state index contributed by atoms with van der Waals surface area (Å²) in [6.45, 7) is 8.46. The highest BCUT2D eigenvalue weighted by Crippen LogP contribution is 2.31. The van der Waals surface area contributed by atoms with Crippen LogP contribution in [0.1, 0.15) is 36.9 Å². The largest absolute Gasteiger partial charge is 0.497 e. The highest BCUT2D eigenvalue weighted by atomic mass is 35.5. The van der Waals surface area contributed by atoms with Gasteiger partial charge in [0.2, 0.25) is 5.91 Å². The Kier molecular flexibility index (Phi) is 8.68. The van der Waals surface area contributed by atoms with Gasteiger partial charge in [0.25, 0.3) is 0 Å². The van der Waals surface area contributed by atoms with Gasteiger partial charge in [0.1, 0.15) is 17.2 Å². The van der Waals surface area contributed by atoms with E-state index >= 15 is 0 Å². The number of aryl methyl sites for hydroxylation is 2. The molecule has 0 saturated carbocycles. The summed E-state index contributed by atoms with van der Waals surface area (Å²) in [5.41, 5.74) is 2.48. The fourth-order valence-corrected chi connectivity index (χ4v) is 4.37. The third-order valence-electron chi connectivity index (χ3n) is 5.16. The van der Waals surface area contributed by atoms with E-state index in [9.17, 15) is 4.79 Å². The number of carbonyl (C=O) groups is 1. The van der Waals surface area contributed by atoms with Gasteiger partial charge in [-0.1, -0.05) is 23.4 Å². The lowest BCUT2D eigenvalue weighted by molar-refractivity contribution is -0.113. The van der Waals surface area contributed by atoms with Crippen molar-refractivity contribution in [3.63, 3.8) is 0 Å². The van der Waals surface area contributed by atoms with Crippen molar-refractivity contribution in [2.45, 2.75) is 45.5 Å². The number of nitrogens with one attached hydrogen (secondary N) is 1. The Bertz CT molecular complexity index is 1140. The minimum atomic E-state index is -0.334. The molecule has 1 N–H and O–H groups in total. The van der Waals surface area contributed by atoms with Crippen LogP contribution < -0.4 is 19.5 Å². The monoisotopic (exact) mass is 504 g/mol. The van der Waals surface area contributed by atoms with Gasteiger partial charge in [-0.3, -0.25) is 4.79 Å². The summed E-state index contributed by atoms with van der Waals surface area (Å²) >= 11 is 7.58. The maximum atomic E-state index is 12.6. The molecule has 0 bridgehead atoms. The smallest absolute Gasteiger partial charge is 0.234 e. The minimum Gasteiger partial charge on any atom is -0.497 e. The van der Waals surface area contributed by atoms with Crippen molar-refractivity contribution in [3.8, 4) is 17.2 Å². The Balaban J connectivity index is 1.67. The average Bonchev–Trinajstić information content (AvgIpc) is 3.24. The molecule has 2 aromatic carbocycles. The van der Waals surface area contributed by atoms with E-state index in [0.717, 1.165) is 21.9 Å². The number of hydrogen-bond donors (Lipinski definition) is 1. The van der Waals surface area contributed by atoms with E-state index in [1.165, 1.54) is 11.8 Å². The molecule has 0 radical (unpaired) electrons. The Labute approximate surface area is 209 Å². The van der Waals surface area contributed by atoms with E-state index in [4.69, 9.17) is 25.8 Å². The third-order valence-corrected chi connectivity index (χ3v) is 6.73. The summed E-state index contributed by atoms with van der Waals surface area (Å²) in [5.74, 6) is 2.56. The normalized spacial score (nSPS) is 11.7. The number of hydrogen-bond acceptors (Lipinski definition) is 7. The zero-order valence-corrected chi connectivity index (χ0v) is 21.7. The third kappa shape index (κ3) is 5.95. The van der Waals surface area contributed by atoms with Crippen LogP contribution in [0.2, 0.25) is 5.02 Å². The number of amides is 1. The lowest BCUT2D eigenvalue weighted by Crippen LogP contribution is -2.16. The number of rotatable bonds is 10. The lowest BCUT2D eigenvalue weighted by atomic mass is 10.1. The first-order valence-electron chi connectivity index (χ1n) is 10.8. The molecule has 0 fully saturated rings. The van der Waals surface area contributed by atoms with Crippen LogP contribution in [-0.4, -0.2) is 40.6 Å². The summed E-state index contributed by atoms with van der Waals surface area (Å²) < 4.78 is 18.6. The summed E-state index contributed by atoms with van der Waals surface area (Å²) in [6, 6.07) is 9.04. The molecule has 3 aromatic rings. The molecule has 0 aliphatic heterocycles. The topological polar surface area (TPSA) is 87.5 Å². The first-order chi connectivity index (χ1) is 16.3. The zero-order chi connectivity index (χ0) is 24.8. The predicted octanol–water partition coefficient (Wildman–Crippen LogP) is 5.46. The first kappa shape index (κ1) is 25.7. The maximum Gasteiger partial charge on any atom is 0.234 e. The highest BCUT2D eigenvalue weighted by molar-refractivity contribution is 7.99. The second-order valence-corrected chi connectivity index (χ2v) is 8.94. The highest BCUT2D eigenvalue weighted by Gasteiger charge is 2.20. The number of aromatic nitrogens is 3. The molecular formula is C24H29ClN4O4S. The van der Waals surface area contributed by atoms with Crippen molar-refractivity contribution in [2.75, 3.05) is 25.3 Å². The molecule has 10 heteroatoms. The molecule has 182 valence electrons. The number of thioether (sulfide) groups is 1. The molecule has 3 rings (SSSR count). The van der Waals surface area contributed by atoms with Crippen molar-refractivity contribution in [2.24, 2.45) is 0 Å². The van der Waals surface area contributed by atoms with E-state index in [1.807, 2.05) is 44.4 Å². The van der Waals surface area contributed by atoms with E-state index in [-0.39, 0.29) is 17.8 Å². The number of anilines is 1. The molecule has 1 amide bonds. The van der Waals surface area contributed by atoms with Gasteiger partial charge >= 0.3 is 0 Å². The van der Waals surface area contributed by atoms with Gasteiger partial charge in [0.05, 0.1) is 25.7 Å². The fourth-order valence-electron chi connectivity index (χ4n) is 3.45. The molecule has 1 unspecified atom stereocenters. The standard InChI is InChI=1S/C24H29ClN4O4S/c1-7-29-23(16(4)33-18-10-14(2)22(25)15(3)11-18)27-28-24(29)34-13-21(30)26-19-9-8-17(31-5)12-20(19)32-6/h8-12,16H,7,13H2,1-6H3,(H,26,30). The number of benzene rings is 2. The molecule has 0 aliphatic rings. The Morgan fingerprint density at radius 2 is 1.82 bits per heavy atom. The quantitative estimate of drug-likeness (QED) is 0.367. The maximum absolute atomic E-state index is 12.6. The van der Waals surface area contributed by atoms with Gasteiger partial charge in [0.15, 0.2) is 17.1 Å². The molecule has 34 heavy (non-hydrogen) atoms. The van der Waals surface area contributed by atoms with Gasteiger partial charge in [-0.05, 0) is 63.1 Å². The predicted molar refractivity (Wildman–Crippen MR) is 135 cm³/mol. The van der Waals surface area contributed by atoms with E-state index in [0.29, 0.717) is 34.7 Å². The zero-order valence-electron chi connectivity index (χ0n) is 20.1. The van der Waals surface area contributed by atoms with Crippen molar-refractivity contribution in [1.82, 2.24) is 14.8 Å². The van der Waals surface area contributed by atoms with E-state index in [1.54, 1.807) is 32.4 Å². The summed E-state index contributed by atoms with van der Waals surface area (Å²) in [7, 11) is 3.12. The van der Waals surface area contributed by atoms with Crippen LogP contribution >= 0.6 is 23.4 Å². The number of methoxy groups -OCH3 is 2. The molecule has 0 spiro atoms.